The van der Waals surface area contributed by atoms with Crippen molar-refractivity contribution in [3.05, 3.63) is 46.8 Å². The van der Waals surface area contributed by atoms with E-state index in [-0.39, 0.29) is 48.1 Å². The number of alkyl halides is 3. The number of imidazole rings is 1. The Morgan fingerprint density at radius 1 is 1.24 bits per heavy atom. The van der Waals surface area contributed by atoms with Gasteiger partial charge in [0, 0.05) is 31.5 Å². The molecule has 3 aliphatic carbocycles. The molecule has 11 heteroatoms. The van der Waals surface area contributed by atoms with Crippen LogP contribution in [0.1, 0.15) is 60.6 Å². The lowest BCUT2D eigenvalue weighted by Crippen LogP contribution is -2.51. The number of aliphatic hydroxyl groups is 1. The van der Waals surface area contributed by atoms with Crippen LogP contribution in [0.2, 0.25) is 5.02 Å². The minimum atomic E-state index is -4.31. The molecule has 2 aliphatic heterocycles. The van der Waals surface area contributed by atoms with Gasteiger partial charge in [-0.05, 0) is 55.7 Å². The van der Waals surface area contributed by atoms with E-state index in [0.29, 0.717) is 42.8 Å². The normalized spacial score (nSPS) is 35.4. The number of hydrogen-bond acceptors (Lipinski definition) is 4. The Morgan fingerprint density at radius 2 is 1.92 bits per heavy atom. The molecular weight excluding hydrogens is 526 g/mol. The second-order valence-electron chi connectivity index (χ2n) is 11.5. The van der Waals surface area contributed by atoms with Crippen molar-refractivity contribution in [2.24, 2.45) is 24.3 Å². The number of hydrogen-bond donors (Lipinski definition) is 2. The maximum absolute atomic E-state index is 13.5. The number of nitrogens with one attached hydrogen (secondary N) is 1. The number of carbonyl (C=O) groups is 1. The van der Waals surface area contributed by atoms with Crippen LogP contribution in [-0.4, -0.2) is 44.6 Å². The van der Waals surface area contributed by atoms with Crippen molar-refractivity contribution in [2.75, 3.05) is 11.9 Å². The van der Waals surface area contributed by atoms with Crippen molar-refractivity contribution < 1.29 is 32.2 Å². The summed E-state index contributed by atoms with van der Waals surface area (Å²) in [6.07, 6.45) is -0.794. The van der Waals surface area contributed by atoms with Gasteiger partial charge in [0.1, 0.15) is 22.7 Å². The highest BCUT2D eigenvalue weighted by Crippen LogP contribution is 2.64. The quantitative estimate of drug-likeness (QED) is 0.405. The lowest BCUT2D eigenvalue weighted by atomic mass is 9.62. The molecule has 1 aromatic heterocycles. The van der Waals surface area contributed by atoms with E-state index in [1.165, 1.54) is 18.2 Å². The van der Waals surface area contributed by atoms with Gasteiger partial charge in [-0.3, -0.25) is 4.79 Å². The molecule has 5 fully saturated rings. The van der Waals surface area contributed by atoms with E-state index < -0.39 is 28.6 Å². The van der Waals surface area contributed by atoms with E-state index in [4.69, 9.17) is 16.3 Å². The van der Waals surface area contributed by atoms with Gasteiger partial charge >= 0.3 is 6.18 Å². The topological polar surface area (TPSA) is 76.4 Å². The number of halogens is 5. The van der Waals surface area contributed by atoms with Crippen LogP contribution in [0, 0.1) is 34.9 Å². The summed E-state index contributed by atoms with van der Waals surface area (Å²) in [5.74, 6) is 5.13. The van der Waals surface area contributed by atoms with E-state index in [2.05, 4.69) is 22.1 Å². The fraction of sp³-hybridized carbons (Fsp3) is 0.556. The third-order valence-corrected chi connectivity index (χ3v) is 9.07. The number of anilines is 1. The number of nitrogens with zero attached hydrogens (tertiary/aromatic N) is 2. The van der Waals surface area contributed by atoms with Gasteiger partial charge in [-0.25, -0.2) is 9.37 Å². The van der Waals surface area contributed by atoms with E-state index in [1.54, 1.807) is 17.9 Å². The van der Waals surface area contributed by atoms with Crippen LogP contribution in [0.3, 0.4) is 0 Å². The van der Waals surface area contributed by atoms with Gasteiger partial charge in [-0.2, -0.15) is 13.2 Å². The zero-order valence-corrected chi connectivity index (χ0v) is 21.3. The molecule has 6 nitrogen and oxygen atoms in total. The predicted octanol–water partition coefficient (Wildman–Crippen LogP) is 5.21. The summed E-state index contributed by atoms with van der Waals surface area (Å²) in [6.45, 7) is -0.370. The standard InChI is InChI=1S/C27H26ClF4N3O3/c1-35-14-33-21(22(35)23(36)34-18-2-3-20(29)19(28)8-18)15-6-16-9-25(37,10-17(16)7-15)4-5-26-11-24(12-26,13-38-26)27(30,31)32/h2-3,8,14-17,37H,6-7,9-13H2,1H3,(H,34,36). The van der Waals surface area contributed by atoms with Gasteiger partial charge in [0.15, 0.2) is 0 Å². The molecule has 38 heavy (non-hydrogen) atoms. The number of amides is 1. The smallest absolute Gasteiger partial charge is 0.378 e. The second kappa shape index (κ2) is 8.44. The van der Waals surface area contributed by atoms with Gasteiger partial charge in [0.2, 0.25) is 0 Å². The highest BCUT2D eigenvalue weighted by atomic mass is 35.5. The average molecular weight is 552 g/mol. The molecule has 2 aromatic rings. The highest BCUT2D eigenvalue weighted by molar-refractivity contribution is 6.31. The molecule has 1 amide bonds. The fourth-order valence-corrected chi connectivity index (χ4v) is 7.12. The fourth-order valence-electron chi connectivity index (χ4n) is 6.93. The molecule has 2 atom stereocenters. The van der Waals surface area contributed by atoms with Crippen LogP contribution in [0.25, 0.3) is 0 Å². The van der Waals surface area contributed by atoms with Crippen LogP contribution >= 0.6 is 11.6 Å². The zero-order valence-electron chi connectivity index (χ0n) is 20.5. The number of fused-ring (bicyclic) bond motifs is 2. The van der Waals surface area contributed by atoms with Gasteiger partial charge in [-0.15, -0.1) is 0 Å². The Morgan fingerprint density at radius 3 is 2.53 bits per heavy atom. The third kappa shape index (κ3) is 4.10. The summed E-state index contributed by atoms with van der Waals surface area (Å²) in [4.78, 5) is 17.6. The SMILES string of the molecule is Cn1cnc(C2CC3CC(O)(C#CC45CC(C(F)(F)F)(CO4)C5)CC3C2)c1C(=O)Nc1ccc(F)c(Cl)c1. The Labute approximate surface area is 221 Å². The maximum Gasteiger partial charge on any atom is 0.397 e. The minimum absolute atomic E-state index is 0.0112. The van der Waals surface area contributed by atoms with Gasteiger partial charge < -0.3 is 19.7 Å². The first-order chi connectivity index (χ1) is 17.8. The summed E-state index contributed by atoms with van der Waals surface area (Å²) in [5.41, 5.74) is -2.72. The molecule has 3 saturated carbocycles. The molecule has 0 radical (unpaired) electrons. The van der Waals surface area contributed by atoms with Crippen molar-refractivity contribution >= 4 is 23.2 Å². The number of rotatable bonds is 3. The Hall–Kier alpha value is -2.61. The summed E-state index contributed by atoms with van der Waals surface area (Å²) in [6, 6.07) is 3.95. The monoisotopic (exact) mass is 551 g/mol. The maximum atomic E-state index is 13.5. The number of ether oxygens (including phenoxy) is 1. The lowest BCUT2D eigenvalue weighted by molar-refractivity contribution is -0.239. The molecule has 2 saturated heterocycles. The first-order valence-electron chi connectivity index (χ1n) is 12.6. The average Bonchev–Trinajstić information content (AvgIpc) is 3.59. The molecule has 0 spiro atoms. The molecule has 5 aliphatic rings. The van der Waals surface area contributed by atoms with Crippen LogP contribution in [-0.2, 0) is 11.8 Å². The van der Waals surface area contributed by atoms with Crippen LogP contribution in [0.15, 0.2) is 24.5 Å². The van der Waals surface area contributed by atoms with Crippen molar-refractivity contribution in [2.45, 2.75) is 61.8 Å². The van der Waals surface area contributed by atoms with Crippen LogP contribution in [0.5, 0.6) is 0 Å². The van der Waals surface area contributed by atoms with E-state index in [1.807, 2.05) is 0 Å². The number of benzene rings is 1. The summed E-state index contributed by atoms with van der Waals surface area (Å²) in [5, 5.41) is 13.8. The highest BCUT2D eigenvalue weighted by Gasteiger charge is 2.73. The van der Waals surface area contributed by atoms with Gasteiger partial charge in [0.05, 0.1) is 29.1 Å². The molecule has 7 rings (SSSR count). The molecular formula is C27H26ClF4N3O3. The van der Waals surface area contributed by atoms with Gasteiger partial charge in [0.25, 0.3) is 5.91 Å². The third-order valence-electron chi connectivity index (χ3n) is 8.78. The summed E-state index contributed by atoms with van der Waals surface area (Å²) >= 11 is 5.83. The predicted molar refractivity (Wildman–Crippen MR) is 130 cm³/mol. The van der Waals surface area contributed by atoms with E-state index >= 15 is 0 Å². The van der Waals surface area contributed by atoms with E-state index in [0.717, 1.165) is 0 Å². The minimum Gasteiger partial charge on any atom is -0.378 e. The molecule has 3 heterocycles. The van der Waals surface area contributed by atoms with Crippen molar-refractivity contribution in [3.63, 3.8) is 0 Å². The molecule has 2 bridgehead atoms. The molecule has 1 aromatic carbocycles. The summed E-state index contributed by atoms with van der Waals surface area (Å²) in [7, 11) is 1.73. The van der Waals surface area contributed by atoms with E-state index in [9.17, 15) is 27.5 Å². The van der Waals surface area contributed by atoms with Crippen molar-refractivity contribution in [1.29, 1.82) is 0 Å². The van der Waals surface area contributed by atoms with Crippen LogP contribution in [0.4, 0.5) is 23.2 Å². The number of aromatic nitrogens is 2. The molecule has 202 valence electrons. The van der Waals surface area contributed by atoms with Crippen molar-refractivity contribution in [1.82, 2.24) is 9.55 Å². The lowest BCUT2D eigenvalue weighted by Gasteiger charge is -2.42. The largest absolute Gasteiger partial charge is 0.397 e. The Bertz CT molecular complexity index is 1360. The first kappa shape index (κ1) is 25.7. The van der Waals surface area contributed by atoms with Crippen molar-refractivity contribution in [3.8, 4) is 11.8 Å². The Kier molecular flexibility index (Phi) is 5.70. The molecule has 2 N–H and O–H groups in total. The summed E-state index contributed by atoms with van der Waals surface area (Å²) < 4.78 is 60.4. The first-order valence-corrected chi connectivity index (χ1v) is 12.9. The van der Waals surface area contributed by atoms with Crippen LogP contribution < -0.4 is 5.32 Å². The van der Waals surface area contributed by atoms with Gasteiger partial charge in [-0.1, -0.05) is 23.4 Å². The zero-order chi connectivity index (χ0) is 27.1. The number of aryl methyl sites for hydroxylation is 1. The molecule has 2 unspecified atom stereocenters. The second-order valence-corrected chi connectivity index (χ2v) is 11.9. The number of carbonyl (C=O) groups excluding carboxylic acids is 1. The Balaban J connectivity index is 1.12.